The number of rotatable bonds is 16. The Hall–Kier alpha value is -4.70. The number of ether oxygens (including phenoxy) is 1. The number of hydrogen-bond donors (Lipinski definition) is 6. The van der Waals surface area contributed by atoms with Gasteiger partial charge < -0.3 is 36.0 Å². The Morgan fingerprint density at radius 2 is 1.59 bits per heavy atom. The Kier molecular flexibility index (Phi) is 12.7. The number of phenols is 1. The van der Waals surface area contributed by atoms with Crippen LogP contribution < -0.4 is 20.7 Å². The van der Waals surface area contributed by atoms with Crippen molar-refractivity contribution in [1.29, 1.82) is 0 Å². The van der Waals surface area contributed by atoms with Crippen LogP contribution in [0.25, 0.3) is 0 Å². The zero-order valence-corrected chi connectivity index (χ0v) is 26.3. The number of aromatic hydroxyl groups is 1. The molecule has 9 heteroatoms. The molecule has 0 saturated carbocycles. The van der Waals surface area contributed by atoms with Crippen LogP contribution in [0.15, 0.2) is 91.0 Å². The first-order valence-corrected chi connectivity index (χ1v) is 15.4. The van der Waals surface area contributed by atoms with Crippen molar-refractivity contribution in [3.63, 3.8) is 0 Å². The number of benzene rings is 4. The van der Waals surface area contributed by atoms with Crippen molar-refractivity contribution in [3.8, 4) is 11.5 Å². The van der Waals surface area contributed by atoms with Crippen LogP contribution in [0.3, 0.4) is 0 Å². The maximum absolute atomic E-state index is 12.7. The predicted octanol–water partition coefficient (Wildman–Crippen LogP) is 3.98. The Bertz CT molecular complexity index is 1590. The summed E-state index contributed by atoms with van der Waals surface area (Å²) in [7, 11) is 1.63. The lowest BCUT2D eigenvalue weighted by atomic mass is 10.0. The van der Waals surface area contributed by atoms with Crippen LogP contribution in [0.1, 0.15) is 56.8 Å². The molecule has 0 saturated heterocycles. The molecule has 242 valence electrons. The fraction of sp³-hybridized carbons (Fsp3) is 0.297. The Morgan fingerprint density at radius 1 is 0.848 bits per heavy atom. The van der Waals surface area contributed by atoms with E-state index in [-0.39, 0.29) is 36.6 Å². The summed E-state index contributed by atoms with van der Waals surface area (Å²) in [5.74, 6) is 0.552. The van der Waals surface area contributed by atoms with E-state index in [0.29, 0.717) is 49.2 Å². The second-order valence-electron chi connectivity index (χ2n) is 11.4. The highest BCUT2D eigenvalue weighted by Crippen LogP contribution is 2.22. The second-order valence-corrected chi connectivity index (χ2v) is 11.4. The highest BCUT2D eigenvalue weighted by molar-refractivity contribution is 5.94. The van der Waals surface area contributed by atoms with Crippen LogP contribution in [0.2, 0.25) is 0 Å². The molecule has 0 heterocycles. The number of methoxy groups -OCH3 is 1. The van der Waals surface area contributed by atoms with Gasteiger partial charge in [-0.05, 0) is 84.0 Å². The van der Waals surface area contributed by atoms with Crippen molar-refractivity contribution in [3.05, 3.63) is 130 Å². The maximum Gasteiger partial charge on any atom is 0.251 e. The summed E-state index contributed by atoms with van der Waals surface area (Å²) in [4.78, 5) is 25.2. The van der Waals surface area contributed by atoms with Crippen molar-refractivity contribution >= 4 is 11.8 Å². The molecule has 4 rings (SSSR count). The van der Waals surface area contributed by atoms with Crippen LogP contribution in [-0.4, -0.2) is 53.4 Å². The van der Waals surface area contributed by atoms with Crippen LogP contribution in [-0.2, 0) is 37.2 Å². The second kappa shape index (κ2) is 17.1. The predicted molar refractivity (Wildman–Crippen MR) is 178 cm³/mol. The first-order chi connectivity index (χ1) is 22.2. The molecule has 4 aromatic carbocycles. The highest BCUT2D eigenvalue weighted by atomic mass is 16.5. The fourth-order valence-corrected chi connectivity index (χ4v) is 5.14. The van der Waals surface area contributed by atoms with E-state index in [2.05, 4.69) is 16.0 Å². The molecule has 0 spiro atoms. The number of carbonyl (C=O) groups is 2. The van der Waals surface area contributed by atoms with Crippen molar-refractivity contribution in [2.45, 2.75) is 51.5 Å². The zero-order valence-electron chi connectivity index (χ0n) is 26.3. The minimum atomic E-state index is -0.785. The minimum absolute atomic E-state index is 0.00114. The van der Waals surface area contributed by atoms with Crippen molar-refractivity contribution in [1.82, 2.24) is 16.0 Å². The lowest BCUT2D eigenvalue weighted by Crippen LogP contribution is -2.32. The quantitative estimate of drug-likeness (QED) is 0.111. The largest absolute Gasteiger partial charge is 0.508 e. The summed E-state index contributed by atoms with van der Waals surface area (Å²) in [6, 6.07) is 27.6. The maximum atomic E-state index is 12.7. The Labute approximate surface area is 270 Å². The van der Waals surface area contributed by atoms with Crippen LogP contribution in [0.4, 0.5) is 0 Å². The standard InChI is InChI=1S/C37H43N3O6/c1-25(39-23-35(43)31-13-14-34(42)32(21-31)24-41)17-28-6-3-7-29(18-28)20-36(44)40-22-27-9-11-30(12-10-27)37(45)38-16-15-26-5-4-8-33(19-26)46-2/h3-14,18-19,21,25,35,39,41-43H,15-17,20,22-24H2,1-2H3,(H,38,45)(H,40,44)/t25-,35-/m1/s1. The highest BCUT2D eigenvalue weighted by Gasteiger charge is 2.13. The molecular weight excluding hydrogens is 582 g/mol. The van der Waals surface area contributed by atoms with Crippen molar-refractivity contribution < 1.29 is 29.6 Å². The lowest BCUT2D eigenvalue weighted by Gasteiger charge is -2.18. The van der Waals surface area contributed by atoms with Crippen LogP contribution in [0, 0.1) is 0 Å². The zero-order chi connectivity index (χ0) is 32.9. The molecule has 2 atom stereocenters. The molecule has 0 unspecified atom stereocenters. The minimum Gasteiger partial charge on any atom is -0.508 e. The number of hydrogen-bond acceptors (Lipinski definition) is 7. The third kappa shape index (κ3) is 10.4. The van der Waals surface area contributed by atoms with Gasteiger partial charge in [0.05, 0.1) is 26.2 Å². The lowest BCUT2D eigenvalue weighted by molar-refractivity contribution is -0.120. The van der Waals surface area contributed by atoms with Gasteiger partial charge in [0.1, 0.15) is 11.5 Å². The van der Waals surface area contributed by atoms with Gasteiger partial charge >= 0.3 is 0 Å². The molecule has 0 aliphatic rings. The number of nitrogens with one attached hydrogen (secondary N) is 3. The van der Waals surface area contributed by atoms with Gasteiger partial charge in [-0.1, -0.05) is 54.6 Å². The van der Waals surface area contributed by atoms with E-state index in [1.54, 1.807) is 31.4 Å². The van der Waals surface area contributed by atoms with Crippen LogP contribution >= 0.6 is 0 Å². The SMILES string of the molecule is COc1cccc(CCNC(=O)c2ccc(CNC(=O)Cc3cccc(C[C@@H](C)NC[C@@H](O)c4ccc(O)c(CO)c4)c3)cc2)c1. The van der Waals surface area contributed by atoms with Gasteiger partial charge in [0.2, 0.25) is 5.91 Å². The van der Waals surface area contributed by atoms with Gasteiger partial charge in [-0.2, -0.15) is 0 Å². The van der Waals surface area contributed by atoms with E-state index in [4.69, 9.17) is 4.74 Å². The number of amides is 2. The first kappa shape index (κ1) is 34.2. The van der Waals surface area contributed by atoms with Crippen molar-refractivity contribution in [2.75, 3.05) is 20.2 Å². The van der Waals surface area contributed by atoms with Gasteiger partial charge in [-0.3, -0.25) is 9.59 Å². The van der Waals surface area contributed by atoms with Gasteiger partial charge in [0.15, 0.2) is 0 Å². The topological polar surface area (TPSA) is 140 Å². The monoisotopic (exact) mass is 625 g/mol. The van der Waals surface area contributed by atoms with E-state index in [0.717, 1.165) is 28.0 Å². The molecule has 6 N–H and O–H groups in total. The normalized spacial score (nSPS) is 12.3. The molecule has 0 aromatic heterocycles. The molecule has 0 fully saturated rings. The Balaban J connectivity index is 1.18. The average Bonchev–Trinajstić information content (AvgIpc) is 3.07. The molecule has 9 nitrogen and oxygen atoms in total. The van der Waals surface area contributed by atoms with E-state index >= 15 is 0 Å². The average molecular weight is 626 g/mol. The summed E-state index contributed by atoms with van der Waals surface area (Å²) >= 11 is 0. The van der Waals surface area contributed by atoms with Crippen molar-refractivity contribution in [2.24, 2.45) is 0 Å². The molecule has 46 heavy (non-hydrogen) atoms. The molecule has 0 bridgehead atoms. The molecule has 0 radical (unpaired) electrons. The smallest absolute Gasteiger partial charge is 0.251 e. The first-order valence-electron chi connectivity index (χ1n) is 15.4. The van der Waals surface area contributed by atoms with E-state index in [1.165, 1.54) is 6.07 Å². The summed E-state index contributed by atoms with van der Waals surface area (Å²) < 4.78 is 5.24. The summed E-state index contributed by atoms with van der Waals surface area (Å²) in [5.41, 5.74) is 5.52. The summed E-state index contributed by atoms with van der Waals surface area (Å²) in [6.45, 7) is 2.91. The van der Waals surface area contributed by atoms with Crippen LogP contribution in [0.5, 0.6) is 11.5 Å². The van der Waals surface area contributed by atoms with Gasteiger partial charge in [-0.25, -0.2) is 0 Å². The number of aliphatic hydroxyl groups excluding tert-OH is 2. The summed E-state index contributed by atoms with van der Waals surface area (Å²) in [6.07, 6.45) is 0.870. The van der Waals surface area contributed by atoms with E-state index in [1.807, 2.05) is 67.6 Å². The van der Waals surface area contributed by atoms with Gasteiger partial charge in [0.25, 0.3) is 5.91 Å². The summed E-state index contributed by atoms with van der Waals surface area (Å²) in [5, 5.41) is 38.9. The third-order valence-electron chi connectivity index (χ3n) is 7.76. The molecular formula is C37H43N3O6. The van der Waals surface area contributed by atoms with E-state index < -0.39 is 6.10 Å². The van der Waals surface area contributed by atoms with Gasteiger partial charge in [-0.15, -0.1) is 0 Å². The number of aliphatic hydroxyl groups is 2. The number of carbonyl (C=O) groups excluding carboxylic acids is 2. The molecule has 0 aliphatic carbocycles. The molecule has 2 amide bonds. The fourth-order valence-electron chi connectivity index (χ4n) is 5.14. The third-order valence-corrected chi connectivity index (χ3v) is 7.76. The molecule has 4 aromatic rings. The molecule has 0 aliphatic heterocycles. The van der Waals surface area contributed by atoms with Gasteiger partial charge in [0, 0.05) is 36.8 Å². The Morgan fingerprint density at radius 3 is 2.35 bits per heavy atom. The van der Waals surface area contributed by atoms with E-state index in [9.17, 15) is 24.9 Å².